The van der Waals surface area contributed by atoms with Crippen LogP contribution in [0.2, 0.25) is 0 Å². The molecule has 0 aromatic heterocycles. The van der Waals surface area contributed by atoms with Crippen LogP contribution in [0.1, 0.15) is 12.8 Å². The fraction of sp³-hybridized carbons (Fsp3) is 0.300. The first kappa shape index (κ1) is 10.6. The topological polar surface area (TPSA) is 79.0 Å². The number of benzene rings is 1. The van der Waals surface area contributed by atoms with Gasteiger partial charge in [0, 0.05) is 18.3 Å². The van der Waals surface area contributed by atoms with Gasteiger partial charge in [0.1, 0.15) is 6.23 Å². The second kappa shape index (κ2) is 4.28. The van der Waals surface area contributed by atoms with Crippen molar-refractivity contribution >= 4 is 17.6 Å². The first-order valence-corrected chi connectivity index (χ1v) is 4.92. The maximum Gasteiger partial charge on any atom is 0.269 e. The van der Waals surface area contributed by atoms with E-state index < -0.39 is 11.2 Å². The molecule has 0 amide bonds. The molecule has 0 saturated carbocycles. The van der Waals surface area contributed by atoms with Gasteiger partial charge in [0.15, 0.2) is 0 Å². The molecule has 0 fully saturated rings. The second-order valence-electron chi connectivity index (χ2n) is 3.47. The van der Waals surface area contributed by atoms with E-state index in [2.05, 4.69) is 5.10 Å². The van der Waals surface area contributed by atoms with Gasteiger partial charge in [-0.1, -0.05) is 0 Å². The van der Waals surface area contributed by atoms with Gasteiger partial charge < -0.3 is 5.11 Å². The van der Waals surface area contributed by atoms with Gasteiger partial charge in [0.2, 0.25) is 0 Å². The van der Waals surface area contributed by atoms with Gasteiger partial charge in [0.05, 0.1) is 10.6 Å². The molecule has 1 N–H and O–H groups in total. The van der Waals surface area contributed by atoms with Crippen LogP contribution < -0.4 is 5.01 Å². The van der Waals surface area contributed by atoms with E-state index >= 15 is 0 Å². The van der Waals surface area contributed by atoms with Crippen molar-refractivity contribution < 1.29 is 10.0 Å². The Hall–Kier alpha value is -1.95. The highest BCUT2D eigenvalue weighted by atomic mass is 16.6. The summed E-state index contributed by atoms with van der Waals surface area (Å²) in [6.07, 6.45) is 2.41. The first-order valence-electron chi connectivity index (χ1n) is 4.92. The summed E-state index contributed by atoms with van der Waals surface area (Å²) in [4.78, 5) is 10.0. The van der Waals surface area contributed by atoms with E-state index in [-0.39, 0.29) is 5.69 Å². The lowest BCUT2D eigenvalue weighted by Gasteiger charge is -2.27. The SMILES string of the molecule is O=[N+]([O-])c1ccc(N2N=CCCC2O)cc1. The Morgan fingerprint density at radius 3 is 2.69 bits per heavy atom. The van der Waals surface area contributed by atoms with Crippen LogP contribution in [0, 0.1) is 10.1 Å². The zero-order chi connectivity index (χ0) is 11.5. The Morgan fingerprint density at radius 1 is 1.44 bits per heavy atom. The lowest BCUT2D eigenvalue weighted by atomic mass is 10.2. The van der Waals surface area contributed by atoms with Crippen molar-refractivity contribution in [1.82, 2.24) is 0 Å². The lowest BCUT2D eigenvalue weighted by molar-refractivity contribution is -0.384. The molecule has 1 atom stereocenters. The Labute approximate surface area is 92.0 Å². The molecule has 0 spiro atoms. The number of rotatable bonds is 2. The Bertz CT molecular complexity index is 416. The maximum absolute atomic E-state index is 10.5. The van der Waals surface area contributed by atoms with Crippen molar-refractivity contribution in [2.24, 2.45) is 5.10 Å². The third-order valence-electron chi connectivity index (χ3n) is 2.37. The third-order valence-corrected chi connectivity index (χ3v) is 2.37. The van der Waals surface area contributed by atoms with Crippen LogP contribution in [0.5, 0.6) is 0 Å². The highest BCUT2D eigenvalue weighted by Crippen LogP contribution is 2.23. The maximum atomic E-state index is 10.5. The predicted molar refractivity (Wildman–Crippen MR) is 59.3 cm³/mol. The molecule has 1 heterocycles. The summed E-state index contributed by atoms with van der Waals surface area (Å²) >= 11 is 0. The number of nitro benzene ring substituents is 1. The molecule has 0 bridgehead atoms. The van der Waals surface area contributed by atoms with Crippen molar-refractivity contribution in [2.75, 3.05) is 5.01 Å². The van der Waals surface area contributed by atoms with Gasteiger partial charge in [-0.3, -0.25) is 10.1 Å². The number of aliphatic hydroxyl groups excluding tert-OH is 1. The molecule has 1 aliphatic rings. The van der Waals surface area contributed by atoms with Gasteiger partial charge in [-0.15, -0.1) is 0 Å². The van der Waals surface area contributed by atoms with E-state index in [0.717, 1.165) is 6.42 Å². The molecular weight excluding hydrogens is 210 g/mol. The van der Waals surface area contributed by atoms with E-state index in [0.29, 0.717) is 12.1 Å². The first-order chi connectivity index (χ1) is 7.68. The van der Waals surface area contributed by atoms with E-state index in [9.17, 15) is 15.2 Å². The molecule has 16 heavy (non-hydrogen) atoms. The molecule has 0 radical (unpaired) electrons. The van der Waals surface area contributed by atoms with Gasteiger partial charge in [-0.2, -0.15) is 5.10 Å². The molecule has 6 nitrogen and oxygen atoms in total. The summed E-state index contributed by atoms with van der Waals surface area (Å²) in [5.41, 5.74) is 0.674. The van der Waals surface area contributed by atoms with Crippen LogP contribution in [0.25, 0.3) is 0 Å². The van der Waals surface area contributed by atoms with Crippen LogP contribution in [-0.4, -0.2) is 22.5 Å². The monoisotopic (exact) mass is 221 g/mol. The Balaban J connectivity index is 2.24. The minimum atomic E-state index is -0.661. The molecule has 6 heteroatoms. The van der Waals surface area contributed by atoms with Crippen molar-refractivity contribution in [3.05, 3.63) is 34.4 Å². The highest BCUT2D eigenvalue weighted by Gasteiger charge is 2.18. The third kappa shape index (κ3) is 2.01. The molecule has 2 rings (SSSR count). The van der Waals surface area contributed by atoms with Gasteiger partial charge in [-0.25, -0.2) is 5.01 Å². The summed E-state index contributed by atoms with van der Waals surface area (Å²) in [6, 6.07) is 5.94. The average molecular weight is 221 g/mol. The number of nitro groups is 1. The van der Waals surface area contributed by atoms with E-state index in [4.69, 9.17) is 0 Å². The van der Waals surface area contributed by atoms with Crippen LogP contribution in [0.3, 0.4) is 0 Å². The summed E-state index contributed by atoms with van der Waals surface area (Å²) in [5, 5.41) is 25.6. The standard InChI is InChI=1S/C10H11N3O3/c14-10-2-1-7-11-12(10)8-3-5-9(6-4-8)13(15)16/h3-7,10,14H,1-2H2. The molecule has 1 unspecified atom stereocenters. The van der Waals surface area contributed by atoms with Crippen molar-refractivity contribution in [3.8, 4) is 0 Å². The normalized spacial score (nSPS) is 19.8. The molecule has 1 aromatic carbocycles. The smallest absolute Gasteiger partial charge is 0.269 e. The number of anilines is 1. The van der Waals surface area contributed by atoms with Crippen molar-refractivity contribution in [1.29, 1.82) is 0 Å². The second-order valence-corrected chi connectivity index (χ2v) is 3.47. The minimum Gasteiger partial charge on any atom is -0.372 e. The van der Waals surface area contributed by atoms with Gasteiger partial charge in [0.25, 0.3) is 5.69 Å². The van der Waals surface area contributed by atoms with Crippen molar-refractivity contribution in [3.63, 3.8) is 0 Å². The Kier molecular flexibility index (Phi) is 2.82. The van der Waals surface area contributed by atoms with Crippen LogP contribution in [0.15, 0.2) is 29.4 Å². The van der Waals surface area contributed by atoms with Crippen molar-refractivity contribution in [2.45, 2.75) is 19.1 Å². The molecule has 0 aliphatic carbocycles. The summed E-state index contributed by atoms with van der Waals surface area (Å²) < 4.78 is 0. The molecule has 1 aromatic rings. The largest absolute Gasteiger partial charge is 0.372 e. The number of hydrogen-bond acceptors (Lipinski definition) is 5. The van der Waals surface area contributed by atoms with Crippen LogP contribution in [-0.2, 0) is 0 Å². The predicted octanol–water partition coefficient (Wildman–Crippen LogP) is 1.50. The Morgan fingerprint density at radius 2 is 2.12 bits per heavy atom. The number of nitrogens with zero attached hydrogens (tertiary/aromatic N) is 3. The summed E-state index contributed by atoms with van der Waals surface area (Å²) in [7, 11) is 0. The summed E-state index contributed by atoms with van der Waals surface area (Å²) in [6.45, 7) is 0. The molecule has 84 valence electrons. The quantitative estimate of drug-likeness (QED) is 0.606. The summed E-state index contributed by atoms with van der Waals surface area (Å²) in [5.74, 6) is 0. The number of hydrogen-bond donors (Lipinski definition) is 1. The van der Waals surface area contributed by atoms with E-state index in [1.54, 1.807) is 18.3 Å². The highest BCUT2D eigenvalue weighted by molar-refractivity contribution is 5.63. The zero-order valence-corrected chi connectivity index (χ0v) is 8.48. The number of hydrazone groups is 1. The zero-order valence-electron chi connectivity index (χ0n) is 8.48. The molecule has 0 saturated heterocycles. The van der Waals surface area contributed by atoms with E-state index in [1.807, 2.05) is 0 Å². The van der Waals surface area contributed by atoms with Gasteiger partial charge in [-0.05, 0) is 25.0 Å². The van der Waals surface area contributed by atoms with E-state index in [1.165, 1.54) is 17.1 Å². The van der Waals surface area contributed by atoms with Crippen LogP contribution in [0.4, 0.5) is 11.4 Å². The lowest BCUT2D eigenvalue weighted by Crippen LogP contribution is -2.33. The fourth-order valence-electron chi connectivity index (χ4n) is 1.53. The van der Waals surface area contributed by atoms with Gasteiger partial charge >= 0.3 is 0 Å². The molecular formula is C10H11N3O3. The number of aliphatic hydroxyl groups is 1. The average Bonchev–Trinajstić information content (AvgIpc) is 2.30. The van der Waals surface area contributed by atoms with Crippen LogP contribution >= 0.6 is 0 Å². The fourth-order valence-corrected chi connectivity index (χ4v) is 1.53. The molecule has 1 aliphatic heterocycles. The number of non-ortho nitro benzene ring substituents is 1. The minimum absolute atomic E-state index is 0.0271.